The molecule has 4 amide bonds. The van der Waals surface area contributed by atoms with Crippen LogP contribution in [0.3, 0.4) is 0 Å². The summed E-state index contributed by atoms with van der Waals surface area (Å²) in [5, 5.41) is 12.5. The molecular weight excluding hydrogens is 712 g/mol. The second kappa shape index (κ2) is 13.8. The highest BCUT2D eigenvalue weighted by Crippen LogP contribution is 2.36. The van der Waals surface area contributed by atoms with E-state index in [1.54, 1.807) is 35.9 Å². The summed E-state index contributed by atoms with van der Waals surface area (Å²) in [6.07, 6.45) is 5.04. The van der Waals surface area contributed by atoms with Crippen LogP contribution in [0.2, 0.25) is 5.02 Å². The van der Waals surface area contributed by atoms with E-state index < -0.39 is 29.7 Å². The lowest BCUT2D eigenvalue weighted by atomic mass is 10.00. The van der Waals surface area contributed by atoms with Crippen molar-refractivity contribution < 1.29 is 19.2 Å². The van der Waals surface area contributed by atoms with Gasteiger partial charge in [-0.3, -0.25) is 39.0 Å². The van der Waals surface area contributed by atoms with Crippen LogP contribution in [0.4, 0.5) is 0 Å². The summed E-state index contributed by atoms with van der Waals surface area (Å²) in [4.78, 5) is 61.7. The highest BCUT2D eigenvalue weighted by atomic mass is 35.5. The normalized spacial score (nSPS) is 16.1. The van der Waals surface area contributed by atoms with Crippen molar-refractivity contribution in [3.63, 3.8) is 0 Å². The van der Waals surface area contributed by atoms with Gasteiger partial charge in [-0.15, -0.1) is 21.5 Å². The standard InChI is InChI=1S/C39H29ClN8O4S/c1-22-30(53-39-33(22)35(25-10-12-26(40)13-11-25)41-19-31-45-44-23(2)47(31)39)16-14-27-20-46(21-42-27)18-5-3-4-7-24-8-6-9-28-34(24)38(52)48(37(28)51)29-15-17-32(49)43-36(29)50/h6,8-13,20-21,29H,3,5,15,17-19H2,1-2H3,(H,43,49,50). The van der Waals surface area contributed by atoms with Crippen LogP contribution in [0.1, 0.15) is 90.9 Å². The van der Waals surface area contributed by atoms with Crippen molar-refractivity contribution in [1.29, 1.82) is 0 Å². The summed E-state index contributed by atoms with van der Waals surface area (Å²) >= 11 is 7.77. The third-order valence-corrected chi connectivity index (χ3v) is 10.7. The van der Waals surface area contributed by atoms with Crippen molar-refractivity contribution in [2.24, 2.45) is 4.99 Å². The molecule has 0 bridgehead atoms. The Hall–Kier alpha value is -6.15. The molecule has 6 heterocycles. The molecule has 0 radical (unpaired) electrons. The number of halogens is 1. The van der Waals surface area contributed by atoms with Gasteiger partial charge >= 0.3 is 0 Å². The first-order valence-corrected chi connectivity index (χ1v) is 18.1. The van der Waals surface area contributed by atoms with Crippen LogP contribution >= 0.6 is 22.9 Å². The fourth-order valence-corrected chi connectivity index (χ4v) is 8.05. The molecule has 1 unspecified atom stereocenters. The molecule has 8 rings (SSSR count). The maximum atomic E-state index is 13.3. The summed E-state index contributed by atoms with van der Waals surface area (Å²) in [5.74, 6) is 12.1. The van der Waals surface area contributed by atoms with E-state index in [0.29, 0.717) is 42.2 Å². The molecule has 3 aliphatic rings. The number of aryl methyl sites for hydroxylation is 2. The lowest BCUT2D eigenvalue weighted by Gasteiger charge is -2.27. The number of carbonyl (C=O) groups is 4. The van der Waals surface area contributed by atoms with Gasteiger partial charge < -0.3 is 4.57 Å². The van der Waals surface area contributed by atoms with Gasteiger partial charge in [-0.1, -0.05) is 41.6 Å². The number of piperidine rings is 1. The number of imide groups is 2. The summed E-state index contributed by atoms with van der Waals surface area (Å²) < 4.78 is 4.02. The third kappa shape index (κ3) is 6.24. The molecule has 1 atom stereocenters. The molecular formula is C39H29ClN8O4S. The molecule has 53 heavy (non-hydrogen) atoms. The van der Waals surface area contributed by atoms with E-state index in [-0.39, 0.29) is 24.0 Å². The van der Waals surface area contributed by atoms with Gasteiger partial charge in [0, 0.05) is 47.3 Å². The average molecular weight is 741 g/mol. The zero-order chi connectivity index (χ0) is 36.8. The van der Waals surface area contributed by atoms with E-state index in [9.17, 15) is 19.2 Å². The first-order chi connectivity index (χ1) is 25.7. The average Bonchev–Trinajstić information content (AvgIpc) is 3.87. The van der Waals surface area contributed by atoms with E-state index in [4.69, 9.17) is 16.6 Å². The van der Waals surface area contributed by atoms with Crippen LogP contribution in [0.5, 0.6) is 0 Å². The lowest BCUT2D eigenvalue weighted by molar-refractivity contribution is -0.136. The molecule has 14 heteroatoms. The lowest BCUT2D eigenvalue weighted by Crippen LogP contribution is -2.54. The minimum absolute atomic E-state index is 0.0608. The van der Waals surface area contributed by atoms with Gasteiger partial charge in [0.1, 0.15) is 29.1 Å². The topological polar surface area (TPSA) is 144 Å². The molecule has 3 aromatic heterocycles. The summed E-state index contributed by atoms with van der Waals surface area (Å²) in [7, 11) is 0. The van der Waals surface area contributed by atoms with Gasteiger partial charge in [0.2, 0.25) is 11.8 Å². The SMILES string of the molecule is Cc1c(C#Cc2cn(CCCC#Cc3cccc4c3C(=O)N(C3CCC(=O)NC3=O)C4=O)cn2)sc2c1C(c1ccc(Cl)cc1)=NCc1nnc(C)n1-2. The largest absolute Gasteiger partial charge is 0.336 e. The smallest absolute Gasteiger partial charge is 0.263 e. The number of rotatable bonds is 5. The maximum Gasteiger partial charge on any atom is 0.263 e. The summed E-state index contributed by atoms with van der Waals surface area (Å²) in [6.45, 7) is 5.05. The number of benzene rings is 2. The number of amides is 4. The molecule has 1 fully saturated rings. The number of fused-ring (bicyclic) bond motifs is 4. The molecule has 0 saturated carbocycles. The molecule has 0 spiro atoms. The summed E-state index contributed by atoms with van der Waals surface area (Å²) in [6, 6.07) is 11.6. The Bertz CT molecular complexity index is 2540. The third-order valence-electron chi connectivity index (χ3n) is 9.30. The molecule has 5 aromatic rings. The van der Waals surface area contributed by atoms with E-state index in [2.05, 4.69) is 55.7 Å². The Morgan fingerprint density at radius 3 is 2.62 bits per heavy atom. The quantitative estimate of drug-likeness (QED) is 0.155. The van der Waals surface area contributed by atoms with Crippen LogP contribution in [-0.2, 0) is 22.7 Å². The van der Waals surface area contributed by atoms with E-state index in [1.165, 1.54) is 0 Å². The maximum absolute atomic E-state index is 13.3. The first-order valence-electron chi connectivity index (χ1n) is 16.9. The van der Waals surface area contributed by atoms with Gasteiger partial charge in [0.15, 0.2) is 5.82 Å². The zero-order valence-electron chi connectivity index (χ0n) is 28.6. The monoisotopic (exact) mass is 740 g/mol. The van der Waals surface area contributed by atoms with Crippen LogP contribution in [0, 0.1) is 37.5 Å². The number of hydrogen-bond acceptors (Lipinski definition) is 9. The Morgan fingerprint density at radius 2 is 1.81 bits per heavy atom. The molecule has 1 saturated heterocycles. The van der Waals surface area contributed by atoms with Crippen molar-refractivity contribution in [3.8, 4) is 28.7 Å². The number of nitrogens with one attached hydrogen (secondary N) is 1. The van der Waals surface area contributed by atoms with Crippen molar-refractivity contribution in [3.05, 3.63) is 116 Å². The first kappa shape index (κ1) is 34.0. The minimum atomic E-state index is -1.02. The Labute approximate surface area is 312 Å². The van der Waals surface area contributed by atoms with Crippen LogP contribution in [-0.4, -0.2) is 64.6 Å². The number of aliphatic imine (C=N–C) groups is 1. The van der Waals surface area contributed by atoms with Crippen molar-refractivity contribution in [2.75, 3.05) is 0 Å². The zero-order valence-corrected chi connectivity index (χ0v) is 30.1. The molecule has 12 nitrogen and oxygen atoms in total. The van der Waals surface area contributed by atoms with Crippen molar-refractivity contribution >= 4 is 52.3 Å². The number of hydrogen-bond donors (Lipinski definition) is 1. The second-order valence-electron chi connectivity index (χ2n) is 12.7. The van der Waals surface area contributed by atoms with E-state index >= 15 is 0 Å². The Balaban J connectivity index is 0.952. The highest BCUT2D eigenvalue weighted by molar-refractivity contribution is 7.15. The van der Waals surface area contributed by atoms with E-state index in [1.807, 2.05) is 42.0 Å². The van der Waals surface area contributed by atoms with Gasteiger partial charge in [0.25, 0.3) is 11.8 Å². The van der Waals surface area contributed by atoms with Gasteiger partial charge in [-0.2, -0.15) is 0 Å². The highest BCUT2D eigenvalue weighted by Gasteiger charge is 2.45. The van der Waals surface area contributed by atoms with Crippen LogP contribution < -0.4 is 5.32 Å². The predicted molar refractivity (Wildman–Crippen MR) is 197 cm³/mol. The van der Waals surface area contributed by atoms with Crippen LogP contribution in [0.15, 0.2) is 60.0 Å². The molecule has 262 valence electrons. The Morgan fingerprint density at radius 1 is 0.981 bits per heavy atom. The van der Waals surface area contributed by atoms with Crippen LogP contribution in [0.25, 0.3) is 5.00 Å². The predicted octanol–water partition coefficient (Wildman–Crippen LogP) is 4.78. The number of aromatic nitrogens is 5. The number of nitrogens with zero attached hydrogens (tertiary/aromatic N) is 7. The van der Waals surface area contributed by atoms with Gasteiger partial charge in [0.05, 0.1) is 28.0 Å². The molecule has 1 N–H and O–H groups in total. The fourth-order valence-electron chi connectivity index (χ4n) is 6.69. The van der Waals surface area contributed by atoms with E-state index in [0.717, 1.165) is 48.8 Å². The van der Waals surface area contributed by atoms with Crippen molar-refractivity contribution in [2.45, 2.75) is 58.7 Å². The number of carbonyl (C=O) groups excluding carboxylic acids is 4. The molecule has 2 aromatic carbocycles. The molecule has 0 aliphatic carbocycles. The van der Waals surface area contributed by atoms with Gasteiger partial charge in [-0.05, 0) is 68.4 Å². The summed E-state index contributed by atoms with van der Waals surface area (Å²) in [5.41, 5.74) is 5.30. The molecule has 3 aliphatic heterocycles. The second-order valence-corrected chi connectivity index (χ2v) is 14.2. The van der Waals surface area contributed by atoms with Gasteiger partial charge in [-0.25, -0.2) is 4.98 Å². The number of imidazole rings is 1. The van der Waals surface area contributed by atoms with Crippen molar-refractivity contribution in [1.82, 2.24) is 34.5 Å². The Kier molecular flexibility index (Phi) is 8.82. The minimum Gasteiger partial charge on any atom is -0.336 e. The number of unbranched alkanes of at least 4 members (excludes halogenated alkanes) is 1. The number of thiophene rings is 1. The fraction of sp³-hybridized carbons (Fsp3) is 0.231.